The molecular formula is C26H28N4O6. The summed E-state index contributed by atoms with van der Waals surface area (Å²) in [4.78, 5) is 44.4. The number of nitrogens with one attached hydrogen (secondary N) is 1. The summed E-state index contributed by atoms with van der Waals surface area (Å²) in [7, 11) is 0. The molecule has 2 aliphatic rings. The van der Waals surface area contributed by atoms with Crippen molar-refractivity contribution in [3.05, 3.63) is 52.9 Å². The zero-order valence-corrected chi connectivity index (χ0v) is 20.1. The van der Waals surface area contributed by atoms with E-state index in [9.17, 15) is 14.4 Å². The highest BCUT2D eigenvalue weighted by Gasteiger charge is 2.28. The van der Waals surface area contributed by atoms with E-state index >= 15 is 0 Å². The number of benzene rings is 2. The molecule has 0 unspecified atom stereocenters. The fourth-order valence-electron chi connectivity index (χ4n) is 4.66. The summed E-state index contributed by atoms with van der Waals surface area (Å²) in [5, 5.41) is 3.60. The summed E-state index contributed by atoms with van der Waals surface area (Å²) in [6, 6.07) is 12.6. The Kier molecular flexibility index (Phi) is 6.75. The minimum Gasteiger partial charge on any atom is -0.486 e. The van der Waals surface area contributed by atoms with Crippen LogP contribution in [0.25, 0.3) is 10.9 Å². The average molecular weight is 493 g/mol. The van der Waals surface area contributed by atoms with Crippen molar-refractivity contribution in [3.63, 3.8) is 0 Å². The first-order chi connectivity index (χ1) is 17.5. The van der Waals surface area contributed by atoms with Crippen molar-refractivity contribution in [2.45, 2.75) is 26.3 Å². The van der Waals surface area contributed by atoms with Gasteiger partial charge >= 0.3 is 11.7 Å². The van der Waals surface area contributed by atoms with Crippen molar-refractivity contribution in [2.24, 2.45) is 5.92 Å². The lowest BCUT2D eigenvalue weighted by Crippen LogP contribution is -2.39. The van der Waals surface area contributed by atoms with Crippen LogP contribution in [0.3, 0.4) is 0 Å². The van der Waals surface area contributed by atoms with Crippen LogP contribution < -0.4 is 25.4 Å². The summed E-state index contributed by atoms with van der Waals surface area (Å²) in [5.74, 6) is 1.10. The third kappa shape index (κ3) is 4.84. The smallest absolute Gasteiger partial charge is 0.350 e. The number of aromatic nitrogens is 2. The number of piperidine rings is 1. The van der Waals surface area contributed by atoms with Gasteiger partial charge in [-0.1, -0.05) is 12.1 Å². The first-order valence-electron chi connectivity index (χ1n) is 12.1. The summed E-state index contributed by atoms with van der Waals surface area (Å²) >= 11 is 0. The van der Waals surface area contributed by atoms with Gasteiger partial charge in [0.2, 0.25) is 5.91 Å². The molecule has 0 saturated carbocycles. The monoisotopic (exact) mass is 492 g/mol. The predicted molar refractivity (Wildman–Crippen MR) is 134 cm³/mol. The molecular weight excluding hydrogens is 464 g/mol. The highest BCUT2D eigenvalue weighted by Crippen LogP contribution is 2.33. The minimum absolute atomic E-state index is 0.142. The maximum atomic E-state index is 13.1. The normalized spacial score (nSPS) is 15.5. The lowest BCUT2D eigenvalue weighted by molar-refractivity contribution is -0.148. The number of rotatable bonds is 6. The molecule has 36 heavy (non-hydrogen) atoms. The van der Waals surface area contributed by atoms with Gasteiger partial charge in [0, 0.05) is 30.2 Å². The number of carbonyl (C=O) groups is 2. The number of ether oxygens (including phenoxy) is 3. The molecule has 188 valence electrons. The van der Waals surface area contributed by atoms with Gasteiger partial charge in [0.05, 0.1) is 18.0 Å². The Bertz CT molecular complexity index is 1350. The molecule has 1 N–H and O–H groups in total. The number of carbonyl (C=O) groups excluding carboxylic acids is 2. The number of nitrogens with zero attached hydrogens (tertiary/aromatic N) is 3. The molecule has 5 rings (SSSR count). The average Bonchev–Trinajstić information content (AvgIpc) is 2.90. The SMILES string of the molecule is CCOC(=O)C1CCN(c2nc(=O)n(CC(=O)Nc3ccc4c(c3)OCCO4)c3ccccc23)CC1. The summed E-state index contributed by atoms with van der Waals surface area (Å²) < 4.78 is 17.6. The molecule has 0 spiro atoms. The van der Waals surface area contributed by atoms with Gasteiger partial charge in [0.15, 0.2) is 11.5 Å². The molecule has 0 bridgehead atoms. The van der Waals surface area contributed by atoms with E-state index in [1.54, 1.807) is 25.1 Å². The quantitative estimate of drug-likeness (QED) is 0.523. The van der Waals surface area contributed by atoms with Gasteiger partial charge < -0.3 is 24.4 Å². The summed E-state index contributed by atoms with van der Waals surface area (Å²) in [6.07, 6.45) is 1.27. The molecule has 0 aliphatic carbocycles. The van der Waals surface area contributed by atoms with Crippen molar-refractivity contribution in [3.8, 4) is 11.5 Å². The van der Waals surface area contributed by atoms with Crippen LogP contribution in [-0.4, -0.2) is 54.3 Å². The number of esters is 1. The van der Waals surface area contributed by atoms with Crippen molar-refractivity contribution in [1.29, 1.82) is 0 Å². The van der Waals surface area contributed by atoms with E-state index in [2.05, 4.69) is 10.3 Å². The van der Waals surface area contributed by atoms with Gasteiger partial charge in [-0.15, -0.1) is 0 Å². The number of hydrogen-bond donors (Lipinski definition) is 1. The first-order valence-corrected chi connectivity index (χ1v) is 12.1. The van der Waals surface area contributed by atoms with E-state index in [-0.39, 0.29) is 24.3 Å². The minimum atomic E-state index is -0.506. The van der Waals surface area contributed by atoms with Crippen molar-refractivity contribution in [1.82, 2.24) is 9.55 Å². The molecule has 1 fully saturated rings. The Morgan fingerprint density at radius 3 is 2.61 bits per heavy atom. The Labute approximate surface area is 207 Å². The summed E-state index contributed by atoms with van der Waals surface area (Å²) in [5.41, 5.74) is 0.668. The van der Waals surface area contributed by atoms with Crippen LogP contribution >= 0.6 is 0 Å². The Morgan fingerprint density at radius 1 is 1.08 bits per heavy atom. The van der Waals surface area contributed by atoms with Crippen LogP contribution in [0.4, 0.5) is 11.5 Å². The summed E-state index contributed by atoms with van der Waals surface area (Å²) in [6.45, 7) is 4.10. The van der Waals surface area contributed by atoms with Crippen LogP contribution in [0.15, 0.2) is 47.3 Å². The van der Waals surface area contributed by atoms with E-state index in [1.807, 2.05) is 29.2 Å². The lowest BCUT2D eigenvalue weighted by Gasteiger charge is -2.32. The molecule has 2 aromatic carbocycles. The highest BCUT2D eigenvalue weighted by atomic mass is 16.6. The van der Waals surface area contributed by atoms with E-state index < -0.39 is 5.69 Å². The largest absolute Gasteiger partial charge is 0.486 e. The van der Waals surface area contributed by atoms with Gasteiger partial charge in [0.1, 0.15) is 25.6 Å². The van der Waals surface area contributed by atoms with E-state index in [4.69, 9.17) is 14.2 Å². The number of anilines is 2. The van der Waals surface area contributed by atoms with Gasteiger partial charge in [-0.05, 0) is 44.0 Å². The fraction of sp³-hybridized carbons (Fsp3) is 0.385. The van der Waals surface area contributed by atoms with Crippen LogP contribution in [0, 0.1) is 5.92 Å². The Balaban J connectivity index is 1.35. The third-order valence-electron chi connectivity index (χ3n) is 6.41. The Morgan fingerprint density at radius 2 is 1.83 bits per heavy atom. The molecule has 1 amide bonds. The number of para-hydroxylation sites is 1. The molecule has 0 radical (unpaired) electrons. The molecule has 1 saturated heterocycles. The van der Waals surface area contributed by atoms with Crippen LogP contribution in [-0.2, 0) is 20.9 Å². The van der Waals surface area contributed by atoms with Crippen LogP contribution in [0.1, 0.15) is 19.8 Å². The topological polar surface area (TPSA) is 112 Å². The lowest BCUT2D eigenvalue weighted by atomic mass is 9.97. The van der Waals surface area contributed by atoms with Crippen molar-refractivity contribution in [2.75, 3.05) is 43.1 Å². The third-order valence-corrected chi connectivity index (χ3v) is 6.41. The number of amides is 1. The fourth-order valence-corrected chi connectivity index (χ4v) is 4.66. The van der Waals surface area contributed by atoms with Crippen molar-refractivity contribution >= 4 is 34.3 Å². The number of hydrogen-bond acceptors (Lipinski definition) is 8. The molecule has 3 aromatic rings. The van der Waals surface area contributed by atoms with Gasteiger partial charge in [-0.25, -0.2) is 4.79 Å². The second-order valence-electron chi connectivity index (χ2n) is 8.74. The standard InChI is InChI=1S/C26H28N4O6/c1-2-34-25(32)17-9-11-29(12-10-17)24-19-5-3-4-6-20(19)30(26(33)28-24)16-23(31)27-18-7-8-21-22(15-18)36-14-13-35-21/h3-8,15,17H,2,9-14,16H2,1H3,(H,27,31). The van der Waals surface area contributed by atoms with Gasteiger partial charge in [0.25, 0.3) is 0 Å². The maximum absolute atomic E-state index is 13.1. The first kappa shape index (κ1) is 23.7. The zero-order valence-electron chi connectivity index (χ0n) is 20.1. The highest BCUT2D eigenvalue weighted by molar-refractivity contribution is 5.94. The second kappa shape index (κ2) is 10.3. The zero-order chi connectivity index (χ0) is 25.1. The second-order valence-corrected chi connectivity index (χ2v) is 8.74. The molecule has 3 heterocycles. The molecule has 2 aliphatic heterocycles. The number of fused-ring (bicyclic) bond motifs is 2. The molecule has 0 atom stereocenters. The molecule has 10 nitrogen and oxygen atoms in total. The molecule has 1 aromatic heterocycles. The van der Waals surface area contributed by atoms with Gasteiger partial charge in [-0.2, -0.15) is 4.98 Å². The van der Waals surface area contributed by atoms with E-state index in [0.29, 0.717) is 74.3 Å². The van der Waals surface area contributed by atoms with Gasteiger partial charge in [-0.3, -0.25) is 14.2 Å². The van der Waals surface area contributed by atoms with E-state index in [0.717, 1.165) is 5.39 Å². The Hall–Kier alpha value is -4.08. The van der Waals surface area contributed by atoms with Crippen LogP contribution in [0.5, 0.6) is 11.5 Å². The van der Waals surface area contributed by atoms with Crippen LogP contribution in [0.2, 0.25) is 0 Å². The van der Waals surface area contributed by atoms with E-state index in [1.165, 1.54) is 4.57 Å². The predicted octanol–water partition coefficient (Wildman–Crippen LogP) is 2.59. The molecule has 10 heteroatoms. The maximum Gasteiger partial charge on any atom is 0.350 e. The van der Waals surface area contributed by atoms with Crippen molar-refractivity contribution < 1.29 is 23.8 Å².